The predicted octanol–water partition coefficient (Wildman–Crippen LogP) is 0.212. The van der Waals surface area contributed by atoms with Gasteiger partial charge in [0.25, 0.3) is 0 Å². The van der Waals surface area contributed by atoms with Crippen molar-refractivity contribution >= 4 is 17.6 Å². The second kappa shape index (κ2) is 7.08. The van der Waals surface area contributed by atoms with E-state index in [-0.39, 0.29) is 6.61 Å². The summed E-state index contributed by atoms with van der Waals surface area (Å²) in [5.74, 6) is 2.06. The summed E-state index contributed by atoms with van der Waals surface area (Å²) in [6, 6.07) is 0. The number of hydrogen-bond donors (Lipinski definition) is 1. The molecule has 0 aromatic carbocycles. The Morgan fingerprint density at radius 1 is 0.947 bits per heavy atom. The van der Waals surface area contributed by atoms with Gasteiger partial charge in [0.15, 0.2) is 11.6 Å². The first-order chi connectivity index (χ1) is 9.01. The topological polar surface area (TPSA) is 68.6 Å². The fraction of sp³-hybridized carbons (Fsp3) is 0.750. The molecule has 7 nitrogen and oxygen atoms in total. The minimum atomic E-state index is 0.0795. The standard InChI is InChI=1S/C12H24N6O/c1-6-7-18(8-9-19)12-13-10(16(2)3)11(14-15-12)17(4)5/h19H,6-9H2,1-5H3. The molecule has 108 valence electrons. The number of aliphatic hydroxyl groups is 1. The monoisotopic (exact) mass is 268 g/mol. The van der Waals surface area contributed by atoms with Crippen LogP contribution in [-0.4, -0.2) is 68.2 Å². The van der Waals surface area contributed by atoms with Crippen LogP contribution in [-0.2, 0) is 0 Å². The number of anilines is 3. The molecule has 0 amide bonds. The lowest BCUT2D eigenvalue weighted by Gasteiger charge is -2.24. The third kappa shape index (κ3) is 3.92. The van der Waals surface area contributed by atoms with E-state index in [1.165, 1.54) is 0 Å². The average Bonchev–Trinajstić information content (AvgIpc) is 2.37. The zero-order valence-corrected chi connectivity index (χ0v) is 12.5. The molecule has 0 atom stereocenters. The van der Waals surface area contributed by atoms with Crippen LogP contribution in [0.3, 0.4) is 0 Å². The summed E-state index contributed by atoms with van der Waals surface area (Å²) in [4.78, 5) is 10.3. The molecule has 0 bridgehead atoms. The molecule has 0 aliphatic carbocycles. The lowest BCUT2D eigenvalue weighted by molar-refractivity contribution is 0.301. The molecule has 1 heterocycles. The van der Waals surface area contributed by atoms with Gasteiger partial charge < -0.3 is 19.8 Å². The largest absolute Gasteiger partial charge is 0.395 e. The Balaban J connectivity index is 3.11. The Kier molecular flexibility index (Phi) is 5.75. The molecule has 0 aliphatic rings. The minimum Gasteiger partial charge on any atom is -0.395 e. The number of aliphatic hydroxyl groups excluding tert-OH is 1. The van der Waals surface area contributed by atoms with Gasteiger partial charge in [-0.25, -0.2) is 0 Å². The Hall–Kier alpha value is -1.63. The van der Waals surface area contributed by atoms with Crippen molar-refractivity contribution in [1.82, 2.24) is 15.2 Å². The quantitative estimate of drug-likeness (QED) is 0.758. The fourth-order valence-corrected chi connectivity index (χ4v) is 1.73. The summed E-state index contributed by atoms with van der Waals surface area (Å²) in [6.07, 6.45) is 0.968. The van der Waals surface area contributed by atoms with Gasteiger partial charge in [-0.15, -0.1) is 10.2 Å². The summed E-state index contributed by atoms with van der Waals surface area (Å²) < 4.78 is 0. The SMILES string of the molecule is CCCN(CCO)c1nnc(N(C)C)c(N(C)C)n1. The highest BCUT2D eigenvalue weighted by Gasteiger charge is 2.16. The normalized spacial score (nSPS) is 10.4. The lowest BCUT2D eigenvalue weighted by Crippen LogP contribution is -2.31. The van der Waals surface area contributed by atoms with Crippen LogP contribution in [0.4, 0.5) is 17.6 Å². The van der Waals surface area contributed by atoms with E-state index in [0.29, 0.717) is 12.5 Å². The molecular weight excluding hydrogens is 244 g/mol. The molecular formula is C12H24N6O. The first-order valence-electron chi connectivity index (χ1n) is 6.46. The summed E-state index contributed by atoms with van der Waals surface area (Å²) >= 11 is 0. The van der Waals surface area contributed by atoms with E-state index >= 15 is 0 Å². The number of rotatable bonds is 7. The van der Waals surface area contributed by atoms with Crippen LogP contribution in [0.25, 0.3) is 0 Å². The first kappa shape index (κ1) is 15.4. The summed E-state index contributed by atoms with van der Waals surface area (Å²) in [5, 5.41) is 17.5. The lowest BCUT2D eigenvalue weighted by atomic mass is 10.4. The van der Waals surface area contributed by atoms with Crippen LogP contribution in [0.15, 0.2) is 0 Å². The van der Waals surface area contributed by atoms with Crippen LogP contribution < -0.4 is 14.7 Å². The summed E-state index contributed by atoms with van der Waals surface area (Å²) in [7, 11) is 7.68. The average molecular weight is 268 g/mol. The number of hydrogen-bond acceptors (Lipinski definition) is 7. The van der Waals surface area contributed by atoms with Crippen molar-refractivity contribution in [2.75, 3.05) is 62.6 Å². The Labute approximate surface area is 114 Å². The second-order valence-electron chi connectivity index (χ2n) is 4.76. The molecule has 0 saturated carbocycles. The highest BCUT2D eigenvalue weighted by molar-refractivity contribution is 5.62. The van der Waals surface area contributed by atoms with Crippen LogP contribution >= 0.6 is 0 Å². The van der Waals surface area contributed by atoms with Crippen molar-refractivity contribution in [3.05, 3.63) is 0 Å². The van der Waals surface area contributed by atoms with Gasteiger partial charge in [0, 0.05) is 41.3 Å². The van der Waals surface area contributed by atoms with E-state index in [1.807, 2.05) is 42.9 Å². The van der Waals surface area contributed by atoms with E-state index in [1.54, 1.807) is 0 Å². The molecule has 0 unspecified atom stereocenters. The van der Waals surface area contributed by atoms with Crippen molar-refractivity contribution in [2.24, 2.45) is 0 Å². The fourth-order valence-electron chi connectivity index (χ4n) is 1.73. The van der Waals surface area contributed by atoms with Gasteiger partial charge in [0.2, 0.25) is 5.95 Å². The maximum atomic E-state index is 9.11. The molecule has 0 radical (unpaired) electrons. The molecule has 0 aliphatic heterocycles. The first-order valence-corrected chi connectivity index (χ1v) is 6.46. The highest BCUT2D eigenvalue weighted by Crippen LogP contribution is 2.22. The van der Waals surface area contributed by atoms with Gasteiger partial charge in [0.05, 0.1) is 6.61 Å². The minimum absolute atomic E-state index is 0.0795. The molecule has 1 rings (SSSR count). The molecule has 0 saturated heterocycles. The van der Waals surface area contributed by atoms with Gasteiger partial charge in [0.1, 0.15) is 0 Å². The maximum absolute atomic E-state index is 9.11. The molecule has 0 fully saturated rings. The van der Waals surface area contributed by atoms with E-state index < -0.39 is 0 Å². The van der Waals surface area contributed by atoms with Gasteiger partial charge in [-0.2, -0.15) is 4.98 Å². The molecule has 1 N–H and O–H groups in total. The van der Waals surface area contributed by atoms with Crippen molar-refractivity contribution in [1.29, 1.82) is 0 Å². The summed E-state index contributed by atoms with van der Waals surface area (Å²) in [6.45, 7) is 3.48. The van der Waals surface area contributed by atoms with Crippen molar-refractivity contribution in [3.63, 3.8) is 0 Å². The summed E-state index contributed by atoms with van der Waals surface area (Å²) in [5.41, 5.74) is 0. The van der Waals surface area contributed by atoms with Gasteiger partial charge in [-0.1, -0.05) is 6.92 Å². The van der Waals surface area contributed by atoms with Crippen LogP contribution in [0, 0.1) is 0 Å². The van der Waals surface area contributed by atoms with Crippen LogP contribution in [0.2, 0.25) is 0 Å². The third-order valence-electron chi connectivity index (χ3n) is 2.63. The van der Waals surface area contributed by atoms with Crippen molar-refractivity contribution < 1.29 is 5.11 Å². The van der Waals surface area contributed by atoms with E-state index in [0.717, 1.165) is 24.6 Å². The molecule has 7 heteroatoms. The molecule has 1 aromatic rings. The Bertz CT molecular complexity index is 390. The Morgan fingerprint density at radius 2 is 1.58 bits per heavy atom. The van der Waals surface area contributed by atoms with E-state index in [9.17, 15) is 0 Å². The van der Waals surface area contributed by atoms with Gasteiger partial charge in [-0.05, 0) is 6.42 Å². The zero-order chi connectivity index (χ0) is 14.4. The molecule has 0 spiro atoms. The Morgan fingerprint density at radius 3 is 2.05 bits per heavy atom. The van der Waals surface area contributed by atoms with E-state index in [2.05, 4.69) is 22.1 Å². The van der Waals surface area contributed by atoms with Crippen molar-refractivity contribution in [3.8, 4) is 0 Å². The second-order valence-corrected chi connectivity index (χ2v) is 4.76. The number of aromatic nitrogens is 3. The molecule has 1 aromatic heterocycles. The zero-order valence-electron chi connectivity index (χ0n) is 12.5. The third-order valence-corrected chi connectivity index (χ3v) is 2.63. The molecule has 19 heavy (non-hydrogen) atoms. The van der Waals surface area contributed by atoms with Crippen LogP contribution in [0.1, 0.15) is 13.3 Å². The van der Waals surface area contributed by atoms with Gasteiger partial charge >= 0.3 is 0 Å². The maximum Gasteiger partial charge on any atom is 0.247 e. The van der Waals surface area contributed by atoms with Crippen LogP contribution in [0.5, 0.6) is 0 Å². The number of nitrogens with zero attached hydrogens (tertiary/aromatic N) is 6. The van der Waals surface area contributed by atoms with Crippen molar-refractivity contribution in [2.45, 2.75) is 13.3 Å². The predicted molar refractivity (Wildman–Crippen MR) is 78.1 cm³/mol. The van der Waals surface area contributed by atoms with E-state index in [4.69, 9.17) is 5.11 Å². The highest BCUT2D eigenvalue weighted by atomic mass is 16.3. The van der Waals surface area contributed by atoms with Gasteiger partial charge in [-0.3, -0.25) is 0 Å². The smallest absolute Gasteiger partial charge is 0.247 e.